The highest BCUT2D eigenvalue weighted by molar-refractivity contribution is 7.80. The average Bonchev–Trinajstić information content (AvgIpc) is 2.30. The minimum absolute atomic E-state index is 0.700. The molecule has 0 aliphatic heterocycles. The van der Waals surface area contributed by atoms with Crippen LogP contribution in [0.1, 0.15) is 6.92 Å². The minimum Gasteiger partial charge on any atom is -0.494 e. The predicted octanol–water partition coefficient (Wildman–Crippen LogP) is 4.04. The van der Waals surface area contributed by atoms with Crippen LogP contribution < -0.4 is 4.74 Å². The lowest BCUT2D eigenvalue weighted by atomic mass is 10.1. The van der Waals surface area contributed by atoms with E-state index < -0.39 is 0 Å². The van der Waals surface area contributed by atoms with Crippen LogP contribution in [0, 0.1) is 0 Å². The lowest BCUT2D eigenvalue weighted by Gasteiger charge is -2.05. The summed E-state index contributed by atoms with van der Waals surface area (Å²) >= 11 is 4.33. The molecule has 0 bridgehead atoms. The summed E-state index contributed by atoms with van der Waals surface area (Å²) in [6.07, 6.45) is 0. The maximum atomic E-state index is 5.41. The molecule has 0 amide bonds. The number of hydrogen-bond donors (Lipinski definition) is 1. The lowest BCUT2D eigenvalue weighted by molar-refractivity contribution is 0.340. The molecule has 0 spiro atoms. The van der Waals surface area contributed by atoms with E-state index in [2.05, 4.69) is 36.9 Å². The molecule has 0 fully saturated rings. The topological polar surface area (TPSA) is 9.23 Å². The fourth-order valence-electron chi connectivity index (χ4n) is 1.60. The zero-order chi connectivity index (χ0) is 11.4. The third kappa shape index (κ3) is 2.58. The normalized spacial score (nSPS) is 10.1. The van der Waals surface area contributed by atoms with E-state index >= 15 is 0 Å². The van der Waals surface area contributed by atoms with Gasteiger partial charge < -0.3 is 4.74 Å². The van der Waals surface area contributed by atoms with Gasteiger partial charge in [-0.05, 0) is 42.3 Å². The second kappa shape index (κ2) is 5.08. The fraction of sp³-hybridized carbons (Fsp3) is 0.143. The van der Waals surface area contributed by atoms with Crippen molar-refractivity contribution in [2.45, 2.75) is 11.8 Å². The van der Waals surface area contributed by atoms with Crippen LogP contribution in [0.15, 0.2) is 53.4 Å². The van der Waals surface area contributed by atoms with E-state index in [1.54, 1.807) is 0 Å². The molecule has 82 valence electrons. The van der Waals surface area contributed by atoms with Crippen LogP contribution in [0.4, 0.5) is 0 Å². The molecule has 0 aromatic heterocycles. The van der Waals surface area contributed by atoms with Gasteiger partial charge in [0.2, 0.25) is 0 Å². The Morgan fingerprint density at radius 3 is 2.38 bits per heavy atom. The Bertz CT molecular complexity index is 462. The van der Waals surface area contributed by atoms with E-state index in [4.69, 9.17) is 4.74 Å². The lowest BCUT2D eigenvalue weighted by Crippen LogP contribution is -1.90. The van der Waals surface area contributed by atoms with Crippen molar-refractivity contribution in [1.82, 2.24) is 0 Å². The Balaban J connectivity index is 2.27. The molecular formula is C14H14OS. The summed E-state index contributed by atoms with van der Waals surface area (Å²) in [5.74, 6) is 0.910. The Morgan fingerprint density at radius 1 is 1.00 bits per heavy atom. The van der Waals surface area contributed by atoms with Gasteiger partial charge >= 0.3 is 0 Å². The first kappa shape index (κ1) is 11.1. The second-order valence-electron chi connectivity index (χ2n) is 3.51. The molecular weight excluding hydrogens is 216 g/mol. The van der Waals surface area contributed by atoms with Gasteiger partial charge in [0.1, 0.15) is 5.75 Å². The number of ether oxygens (including phenoxy) is 1. The van der Waals surface area contributed by atoms with Crippen molar-refractivity contribution in [1.29, 1.82) is 0 Å². The Morgan fingerprint density at radius 2 is 1.75 bits per heavy atom. The number of thiol groups is 1. The van der Waals surface area contributed by atoms with Crippen molar-refractivity contribution in [3.63, 3.8) is 0 Å². The van der Waals surface area contributed by atoms with Gasteiger partial charge in [0.05, 0.1) is 6.61 Å². The summed E-state index contributed by atoms with van der Waals surface area (Å²) in [5, 5.41) is 0. The van der Waals surface area contributed by atoms with Crippen molar-refractivity contribution in [3.05, 3.63) is 48.5 Å². The standard InChI is InChI=1S/C14H14OS/c1-2-15-13-8-6-11(7-9-13)12-4-3-5-14(16)10-12/h3-10,16H,2H2,1H3. The zero-order valence-electron chi connectivity index (χ0n) is 9.18. The molecule has 2 heteroatoms. The van der Waals surface area contributed by atoms with Gasteiger partial charge in [-0.2, -0.15) is 0 Å². The fourth-order valence-corrected chi connectivity index (χ4v) is 1.82. The molecule has 0 N–H and O–H groups in total. The predicted molar refractivity (Wildman–Crippen MR) is 70.3 cm³/mol. The minimum atomic E-state index is 0.700. The van der Waals surface area contributed by atoms with Gasteiger partial charge in [-0.3, -0.25) is 0 Å². The molecule has 0 radical (unpaired) electrons. The first-order valence-electron chi connectivity index (χ1n) is 5.32. The summed E-state index contributed by atoms with van der Waals surface area (Å²) < 4.78 is 5.41. The average molecular weight is 230 g/mol. The van der Waals surface area contributed by atoms with Crippen molar-refractivity contribution in [2.75, 3.05) is 6.61 Å². The summed E-state index contributed by atoms with van der Waals surface area (Å²) in [5.41, 5.74) is 2.36. The maximum Gasteiger partial charge on any atom is 0.119 e. The smallest absolute Gasteiger partial charge is 0.119 e. The Hall–Kier alpha value is -1.41. The third-order valence-electron chi connectivity index (χ3n) is 2.34. The molecule has 1 nitrogen and oxygen atoms in total. The molecule has 2 rings (SSSR count). The van der Waals surface area contributed by atoms with Crippen LogP contribution in [0.3, 0.4) is 0 Å². The maximum absolute atomic E-state index is 5.41. The molecule has 0 atom stereocenters. The van der Waals surface area contributed by atoms with Crippen LogP contribution in [-0.2, 0) is 0 Å². The molecule has 0 unspecified atom stereocenters. The molecule has 16 heavy (non-hydrogen) atoms. The van der Waals surface area contributed by atoms with Gasteiger partial charge in [0.25, 0.3) is 0 Å². The summed E-state index contributed by atoms with van der Waals surface area (Å²) in [7, 11) is 0. The van der Waals surface area contributed by atoms with Crippen LogP contribution in [0.25, 0.3) is 11.1 Å². The number of hydrogen-bond acceptors (Lipinski definition) is 2. The van der Waals surface area contributed by atoms with E-state index in [0.29, 0.717) is 6.61 Å². The van der Waals surface area contributed by atoms with E-state index in [9.17, 15) is 0 Å². The zero-order valence-corrected chi connectivity index (χ0v) is 10.1. The van der Waals surface area contributed by atoms with Crippen molar-refractivity contribution in [2.24, 2.45) is 0 Å². The summed E-state index contributed by atoms with van der Waals surface area (Å²) in [4.78, 5) is 0.978. The monoisotopic (exact) mass is 230 g/mol. The van der Waals surface area contributed by atoms with Gasteiger partial charge in [-0.25, -0.2) is 0 Å². The molecule has 0 aliphatic carbocycles. The van der Waals surface area contributed by atoms with Crippen molar-refractivity contribution >= 4 is 12.6 Å². The van der Waals surface area contributed by atoms with Gasteiger partial charge in [0.15, 0.2) is 0 Å². The molecule has 0 aliphatic rings. The Labute approximate surface area is 101 Å². The van der Waals surface area contributed by atoms with Crippen molar-refractivity contribution in [3.8, 4) is 16.9 Å². The van der Waals surface area contributed by atoms with Crippen molar-refractivity contribution < 1.29 is 4.74 Å². The third-order valence-corrected chi connectivity index (χ3v) is 2.62. The van der Waals surface area contributed by atoms with Gasteiger partial charge in [-0.15, -0.1) is 12.6 Å². The number of benzene rings is 2. The SMILES string of the molecule is CCOc1ccc(-c2cccc(S)c2)cc1. The van der Waals surface area contributed by atoms with E-state index in [1.807, 2.05) is 31.2 Å². The molecule has 2 aromatic rings. The first-order chi connectivity index (χ1) is 7.79. The number of rotatable bonds is 3. The highest BCUT2D eigenvalue weighted by atomic mass is 32.1. The molecule has 0 saturated carbocycles. The molecule has 2 aromatic carbocycles. The van der Waals surface area contributed by atoms with Crippen LogP contribution in [-0.4, -0.2) is 6.61 Å². The van der Waals surface area contributed by atoms with E-state index in [0.717, 1.165) is 10.6 Å². The first-order valence-corrected chi connectivity index (χ1v) is 5.76. The van der Waals surface area contributed by atoms with E-state index in [-0.39, 0.29) is 0 Å². The molecule has 0 saturated heterocycles. The second-order valence-corrected chi connectivity index (χ2v) is 4.02. The quantitative estimate of drug-likeness (QED) is 0.783. The Kier molecular flexibility index (Phi) is 3.52. The highest BCUT2D eigenvalue weighted by Gasteiger charge is 1.98. The molecule has 0 heterocycles. The van der Waals surface area contributed by atoms with Crippen LogP contribution >= 0.6 is 12.6 Å². The summed E-state index contributed by atoms with van der Waals surface area (Å²) in [6.45, 7) is 2.68. The van der Waals surface area contributed by atoms with Gasteiger partial charge in [0, 0.05) is 4.90 Å². The van der Waals surface area contributed by atoms with Gasteiger partial charge in [-0.1, -0.05) is 24.3 Å². The van der Waals surface area contributed by atoms with Crippen LogP contribution in [0.2, 0.25) is 0 Å². The summed E-state index contributed by atoms with van der Waals surface area (Å²) in [6, 6.07) is 16.2. The van der Waals surface area contributed by atoms with Crippen LogP contribution in [0.5, 0.6) is 5.75 Å². The largest absolute Gasteiger partial charge is 0.494 e. The highest BCUT2D eigenvalue weighted by Crippen LogP contribution is 2.24. The van der Waals surface area contributed by atoms with E-state index in [1.165, 1.54) is 11.1 Å².